The van der Waals surface area contributed by atoms with Gasteiger partial charge in [0.1, 0.15) is 17.7 Å². The van der Waals surface area contributed by atoms with Gasteiger partial charge >= 0.3 is 6.09 Å². The number of ether oxygens (including phenoxy) is 1. The second-order valence-electron chi connectivity index (χ2n) is 11.8. The van der Waals surface area contributed by atoms with Crippen LogP contribution in [0.2, 0.25) is 0 Å². The van der Waals surface area contributed by atoms with E-state index in [9.17, 15) is 14.4 Å². The van der Waals surface area contributed by atoms with Crippen molar-refractivity contribution in [2.45, 2.75) is 125 Å². The standard InChI is InChI=1S/C29H49N3O4/c1-13-20(6)23(31-27(35)36-28(8,9)10)26(34)32(29(11,12)14-2)24(25(33)30-18(3)4)22-17-19(5)15-16-21(22)7/h15-18,20,23-24H,13-14H2,1-12H3,(H,30,33)(H,31,35). The molecule has 3 amide bonds. The third-order valence-corrected chi connectivity index (χ3v) is 6.57. The molecule has 0 aliphatic rings. The van der Waals surface area contributed by atoms with Gasteiger partial charge in [-0.05, 0) is 85.8 Å². The second kappa shape index (κ2) is 12.6. The van der Waals surface area contributed by atoms with Crippen LogP contribution in [0.25, 0.3) is 0 Å². The fraction of sp³-hybridized carbons (Fsp3) is 0.690. The van der Waals surface area contributed by atoms with Crippen molar-refractivity contribution in [1.82, 2.24) is 15.5 Å². The molecule has 36 heavy (non-hydrogen) atoms. The van der Waals surface area contributed by atoms with Gasteiger partial charge < -0.3 is 20.3 Å². The number of hydrogen-bond acceptors (Lipinski definition) is 4. The molecule has 0 fully saturated rings. The van der Waals surface area contributed by atoms with E-state index in [2.05, 4.69) is 10.6 Å². The van der Waals surface area contributed by atoms with Crippen LogP contribution in [0.4, 0.5) is 4.79 Å². The fourth-order valence-corrected chi connectivity index (χ4v) is 4.03. The normalized spacial score (nSPS) is 14.6. The van der Waals surface area contributed by atoms with Crippen LogP contribution in [-0.4, -0.2) is 46.0 Å². The molecule has 0 heterocycles. The molecule has 0 aromatic heterocycles. The van der Waals surface area contributed by atoms with E-state index in [0.29, 0.717) is 12.8 Å². The molecule has 0 radical (unpaired) electrons. The predicted octanol–water partition coefficient (Wildman–Crippen LogP) is 5.83. The lowest BCUT2D eigenvalue weighted by atomic mass is 9.88. The first kappa shape index (κ1) is 31.5. The number of amides is 3. The summed E-state index contributed by atoms with van der Waals surface area (Å²) >= 11 is 0. The number of nitrogens with one attached hydrogen (secondary N) is 2. The number of alkyl carbamates (subject to hydrolysis) is 1. The number of benzene rings is 1. The summed E-state index contributed by atoms with van der Waals surface area (Å²) in [5, 5.41) is 5.86. The Morgan fingerprint density at radius 2 is 1.56 bits per heavy atom. The fourth-order valence-electron chi connectivity index (χ4n) is 4.03. The van der Waals surface area contributed by atoms with E-state index in [1.54, 1.807) is 25.7 Å². The topological polar surface area (TPSA) is 87.7 Å². The summed E-state index contributed by atoms with van der Waals surface area (Å²) in [6, 6.07) is 4.15. The van der Waals surface area contributed by atoms with Crippen molar-refractivity contribution in [3.63, 3.8) is 0 Å². The number of carbonyl (C=O) groups excluding carboxylic acids is 3. The van der Waals surface area contributed by atoms with Crippen LogP contribution in [0.1, 0.15) is 105 Å². The summed E-state index contributed by atoms with van der Waals surface area (Å²) in [6.45, 7) is 22.9. The molecule has 1 rings (SSSR count). The number of hydrogen-bond donors (Lipinski definition) is 2. The van der Waals surface area contributed by atoms with E-state index in [1.165, 1.54) is 0 Å². The third-order valence-electron chi connectivity index (χ3n) is 6.57. The third kappa shape index (κ3) is 8.52. The van der Waals surface area contributed by atoms with Crippen LogP contribution in [0.5, 0.6) is 0 Å². The first-order valence-electron chi connectivity index (χ1n) is 13.1. The first-order chi connectivity index (χ1) is 16.4. The minimum absolute atomic E-state index is 0.0999. The molecule has 204 valence electrons. The highest BCUT2D eigenvalue weighted by Gasteiger charge is 2.44. The highest BCUT2D eigenvalue weighted by atomic mass is 16.6. The van der Waals surface area contributed by atoms with Crippen LogP contribution < -0.4 is 10.6 Å². The van der Waals surface area contributed by atoms with E-state index < -0.39 is 29.3 Å². The lowest BCUT2D eigenvalue weighted by Crippen LogP contribution is -2.61. The molecule has 2 N–H and O–H groups in total. The molecule has 0 saturated carbocycles. The minimum Gasteiger partial charge on any atom is -0.444 e. The Morgan fingerprint density at radius 1 is 0.972 bits per heavy atom. The Balaban J connectivity index is 3.76. The van der Waals surface area contributed by atoms with Crippen molar-refractivity contribution in [2.75, 3.05) is 0 Å². The first-order valence-corrected chi connectivity index (χ1v) is 13.1. The molecule has 7 heteroatoms. The van der Waals surface area contributed by atoms with Gasteiger partial charge in [0.25, 0.3) is 0 Å². The summed E-state index contributed by atoms with van der Waals surface area (Å²) in [5.74, 6) is -0.715. The van der Waals surface area contributed by atoms with Crippen molar-refractivity contribution >= 4 is 17.9 Å². The number of carbonyl (C=O) groups is 3. The predicted molar refractivity (Wildman–Crippen MR) is 146 cm³/mol. The molecular weight excluding hydrogens is 454 g/mol. The van der Waals surface area contributed by atoms with Gasteiger partial charge in [-0.3, -0.25) is 9.59 Å². The zero-order chi connectivity index (χ0) is 28.0. The molecule has 0 saturated heterocycles. The van der Waals surface area contributed by atoms with E-state index >= 15 is 0 Å². The van der Waals surface area contributed by atoms with Crippen molar-refractivity contribution in [2.24, 2.45) is 5.92 Å². The van der Waals surface area contributed by atoms with E-state index in [4.69, 9.17) is 4.74 Å². The van der Waals surface area contributed by atoms with E-state index in [-0.39, 0.29) is 23.8 Å². The summed E-state index contributed by atoms with van der Waals surface area (Å²) in [7, 11) is 0. The van der Waals surface area contributed by atoms with Crippen molar-refractivity contribution < 1.29 is 19.1 Å². The van der Waals surface area contributed by atoms with Gasteiger partial charge in [0, 0.05) is 11.6 Å². The average Bonchev–Trinajstić information content (AvgIpc) is 2.74. The zero-order valence-electron chi connectivity index (χ0n) is 24.5. The van der Waals surface area contributed by atoms with Crippen LogP contribution in [-0.2, 0) is 14.3 Å². The van der Waals surface area contributed by atoms with Gasteiger partial charge in [0.2, 0.25) is 11.8 Å². The lowest BCUT2D eigenvalue weighted by molar-refractivity contribution is -0.150. The van der Waals surface area contributed by atoms with Gasteiger partial charge in [-0.15, -0.1) is 0 Å². The van der Waals surface area contributed by atoms with E-state index in [1.807, 2.05) is 80.5 Å². The van der Waals surface area contributed by atoms with Crippen molar-refractivity contribution in [3.8, 4) is 0 Å². The summed E-state index contributed by atoms with van der Waals surface area (Å²) in [6.07, 6.45) is 0.638. The Kier molecular flexibility index (Phi) is 11.0. The lowest BCUT2D eigenvalue weighted by Gasteiger charge is -2.45. The van der Waals surface area contributed by atoms with Crippen LogP contribution in [0, 0.1) is 19.8 Å². The Bertz CT molecular complexity index is 918. The number of rotatable bonds is 10. The number of aryl methyl sites for hydroxylation is 2. The van der Waals surface area contributed by atoms with Gasteiger partial charge in [-0.2, -0.15) is 0 Å². The zero-order valence-corrected chi connectivity index (χ0v) is 24.5. The molecule has 3 atom stereocenters. The van der Waals surface area contributed by atoms with Crippen molar-refractivity contribution in [1.29, 1.82) is 0 Å². The molecular formula is C29H49N3O4. The Hall–Kier alpha value is -2.57. The molecule has 0 spiro atoms. The maximum Gasteiger partial charge on any atom is 0.408 e. The Morgan fingerprint density at radius 3 is 2.03 bits per heavy atom. The van der Waals surface area contributed by atoms with Gasteiger partial charge in [0.15, 0.2) is 0 Å². The van der Waals surface area contributed by atoms with Crippen LogP contribution in [0.15, 0.2) is 18.2 Å². The molecule has 0 aliphatic heterocycles. The highest BCUT2D eigenvalue weighted by molar-refractivity contribution is 5.93. The van der Waals surface area contributed by atoms with Gasteiger partial charge in [-0.25, -0.2) is 4.79 Å². The SMILES string of the molecule is CCC(C)C(NC(=O)OC(C)(C)C)C(=O)N(C(C(=O)NC(C)C)c1cc(C)ccc1C)C(C)(C)CC. The van der Waals surface area contributed by atoms with Crippen LogP contribution >= 0.6 is 0 Å². The molecule has 0 bridgehead atoms. The molecule has 3 unspecified atom stereocenters. The van der Waals surface area contributed by atoms with E-state index in [0.717, 1.165) is 16.7 Å². The van der Waals surface area contributed by atoms with Gasteiger partial charge in [-0.1, -0.05) is 51.0 Å². The van der Waals surface area contributed by atoms with Crippen LogP contribution in [0.3, 0.4) is 0 Å². The minimum atomic E-state index is -0.859. The highest BCUT2D eigenvalue weighted by Crippen LogP contribution is 2.35. The average molecular weight is 504 g/mol. The quantitative estimate of drug-likeness (QED) is 0.421. The Labute approximate surface area is 218 Å². The largest absolute Gasteiger partial charge is 0.444 e. The maximum atomic E-state index is 14.4. The van der Waals surface area contributed by atoms with Crippen molar-refractivity contribution in [3.05, 3.63) is 34.9 Å². The maximum absolute atomic E-state index is 14.4. The summed E-state index contributed by atoms with van der Waals surface area (Å²) in [5.41, 5.74) is 1.34. The molecule has 0 aliphatic carbocycles. The number of nitrogens with zero attached hydrogens (tertiary/aromatic N) is 1. The summed E-state index contributed by atoms with van der Waals surface area (Å²) < 4.78 is 5.48. The monoisotopic (exact) mass is 503 g/mol. The smallest absolute Gasteiger partial charge is 0.408 e. The second-order valence-corrected chi connectivity index (χ2v) is 11.8. The molecule has 1 aromatic carbocycles. The summed E-state index contributed by atoms with van der Waals surface area (Å²) in [4.78, 5) is 42.7. The van der Waals surface area contributed by atoms with Gasteiger partial charge in [0.05, 0.1) is 0 Å². The molecule has 7 nitrogen and oxygen atoms in total. The molecule has 1 aromatic rings.